The quantitative estimate of drug-likeness (QED) is 0.832. The number of carbonyl (C=O) groups excluding carboxylic acids is 1. The number of nitrogens with zero attached hydrogens (tertiary/aromatic N) is 2. The van der Waals surface area contributed by atoms with E-state index < -0.39 is 11.7 Å². The average molecular weight is 295 g/mol. The van der Waals surface area contributed by atoms with Gasteiger partial charge in [0.1, 0.15) is 11.7 Å². The van der Waals surface area contributed by atoms with Crippen molar-refractivity contribution in [1.29, 1.82) is 5.26 Å². The molecule has 4 nitrogen and oxygen atoms in total. The van der Waals surface area contributed by atoms with Crippen LogP contribution >= 0.6 is 11.6 Å². The third-order valence-electron chi connectivity index (χ3n) is 2.43. The normalized spacial score (nSPS) is 10.8. The molecule has 0 radical (unpaired) electrons. The molecule has 0 spiro atoms. The maximum atomic E-state index is 12.3. The molecule has 0 atom stereocenters. The van der Waals surface area contributed by atoms with Gasteiger partial charge in [0, 0.05) is 11.6 Å². The van der Waals surface area contributed by atoms with Gasteiger partial charge in [0.05, 0.1) is 11.3 Å². The second-order valence-corrected chi connectivity index (χ2v) is 5.84. The van der Waals surface area contributed by atoms with Gasteiger partial charge in [-0.3, -0.25) is 4.90 Å². The number of carbonyl (C=O) groups is 1. The fourth-order valence-electron chi connectivity index (χ4n) is 1.67. The number of anilines is 1. The molecule has 0 saturated carbocycles. The van der Waals surface area contributed by atoms with E-state index in [1.165, 1.54) is 4.90 Å². The van der Waals surface area contributed by atoms with Crippen LogP contribution in [0.2, 0.25) is 5.02 Å². The second kappa shape index (κ2) is 6.62. The summed E-state index contributed by atoms with van der Waals surface area (Å²) in [4.78, 5) is 13.7. The molecule has 0 fully saturated rings. The third-order valence-corrected chi connectivity index (χ3v) is 2.67. The van der Waals surface area contributed by atoms with Crippen LogP contribution in [0.4, 0.5) is 10.5 Å². The number of hydrogen-bond donors (Lipinski definition) is 0. The molecule has 20 heavy (non-hydrogen) atoms. The zero-order valence-electron chi connectivity index (χ0n) is 12.2. The second-order valence-electron chi connectivity index (χ2n) is 5.41. The number of ether oxygens (including phenoxy) is 1. The minimum atomic E-state index is -0.589. The lowest BCUT2D eigenvalue weighted by Gasteiger charge is -2.27. The molecule has 1 aromatic carbocycles. The maximum Gasteiger partial charge on any atom is 0.414 e. The van der Waals surface area contributed by atoms with Gasteiger partial charge in [-0.15, -0.1) is 0 Å². The minimum absolute atomic E-state index is 0.397. The molecule has 0 bridgehead atoms. The maximum absolute atomic E-state index is 12.3. The lowest BCUT2D eigenvalue weighted by Crippen LogP contribution is -2.37. The van der Waals surface area contributed by atoms with E-state index >= 15 is 0 Å². The van der Waals surface area contributed by atoms with Gasteiger partial charge in [-0.2, -0.15) is 5.26 Å². The fraction of sp³-hybridized carbons (Fsp3) is 0.467. The Morgan fingerprint density at radius 1 is 1.45 bits per heavy atom. The van der Waals surface area contributed by atoms with Gasteiger partial charge in [-0.1, -0.05) is 18.5 Å². The molecule has 0 saturated heterocycles. The molecule has 1 aromatic rings. The monoisotopic (exact) mass is 294 g/mol. The van der Waals surface area contributed by atoms with E-state index in [2.05, 4.69) is 6.07 Å². The first kappa shape index (κ1) is 16.3. The number of hydrogen-bond acceptors (Lipinski definition) is 3. The molecular formula is C15H19ClN2O2. The summed E-state index contributed by atoms with van der Waals surface area (Å²) in [6, 6.07) is 6.91. The number of benzene rings is 1. The first-order valence-corrected chi connectivity index (χ1v) is 6.86. The highest BCUT2D eigenvalue weighted by Crippen LogP contribution is 2.26. The Labute approximate surface area is 124 Å². The van der Waals surface area contributed by atoms with Crippen molar-refractivity contribution in [2.24, 2.45) is 0 Å². The van der Waals surface area contributed by atoms with E-state index in [1.54, 1.807) is 39.0 Å². The van der Waals surface area contributed by atoms with Crippen LogP contribution < -0.4 is 4.90 Å². The van der Waals surface area contributed by atoms with Crippen molar-refractivity contribution in [3.63, 3.8) is 0 Å². The molecule has 108 valence electrons. The van der Waals surface area contributed by atoms with Crippen molar-refractivity contribution < 1.29 is 9.53 Å². The van der Waals surface area contributed by atoms with Crippen molar-refractivity contribution in [1.82, 2.24) is 0 Å². The highest BCUT2D eigenvalue weighted by molar-refractivity contribution is 6.31. The molecule has 5 heteroatoms. The zero-order valence-corrected chi connectivity index (χ0v) is 13.0. The highest BCUT2D eigenvalue weighted by atomic mass is 35.5. The molecule has 0 aliphatic heterocycles. The molecule has 1 amide bonds. The zero-order chi connectivity index (χ0) is 15.3. The molecule has 1 rings (SSSR count). The topological polar surface area (TPSA) is 53.3 Å². The molecule has 0 aliphatic carbocycles. The summed E-state index contributed by atoms with van der Waals surface area (Å²) in [7, 11) is 0. The van der Waals surface area contributed by atoms with Crippen molar-refractivity contribution >= 4 is 23.4 Å². The Morgan fingerprint density at radius 3 is 2.60 bits per heavy atom. The number of nitriles is 1. The Kier molecular flexibility index (Phi) is 5.41. The number of rotatable bonds is 3. The Morgan fingerprint density at radius 2 is 2.10 bits per heavy atom. The lowest BCUT2D eigenvalue weighted by molar-refractivity contribution is 0.0580. The molecule has 0 N–H and O–H groups in total. The van der Waals surface area contributed by atoms with E-state index in [4.69, 9.17) is 21.6 Å². The van der Waals surface area contributed by atoms with Crippen LogP contribution in [0.25, 0.3) is 0 Å². The Balaban J connectivity index is 3.17. The summed E-state index contributed by atoms with van der Waals surface area (Å²) >= 11 is 5.97. The third kappa shape index (κ3) is 4.43. The van der Waals surface area contributed by atoms with E-state index in [1.807, 2.05) is 6.92 Å². The summed E-state index contributed by atoms with van der Waals surface area (Å²) in [5.41, 5.74) is 0.291. The van der Waals surface area contributed by atoms with Crippen LogP contribution in [0.3, 0.4) is 0 Å². The molecule has 0 unspecified atom stereocenters. The van der Waals surface area contributed by atoms with E-state index in [-0.39, 0.29) is 0 Å². The van der Waals surface area contributed by atoms with Crippen molar-refractivity contribution in [2.45, 2.75) is 39.7 Å². The predicted octanol–water partition coefficient (Wildman–Crippen LogP) is 4.36. The average Bonchev–Trinajstić information content (AvgIpc) is 2.33. The largest absolute Gasteiger partial charge is 0.443 e. The first-order chi connectivity index (χ1) is 9.28. The SMILES string of the molecule is CCCN(C(=O)OC(C)(C)C)c1cc(Cl)ccc1C#N. The van der Waals surface area contributed by atoms with Gasteiger partial charge in [0.2, 0.25) is 0 Å². The van der Waals surface area contributed by atoms with Crippen molar-refractivity contribution in [3.8, 4) is 6.07 Å². The Hall–Kier alpha value is -1.73. The van der Waals surface area contributed by atoms with Gasteiger partial charge in [0.25, 0.3) is 0 Å². The summed E-state index contributed by atoms with van der Waals surface area (Å²) in [6.45, 7) is 7.83. The summed E-state index contributed by atoms with van der Waals surface area (Å²) < 4.78 is 5.38. The van der Waals surface area contributed by atoms with Crippen LogP contribution in [0, 0.1) is 11.3 Å². The molecular weight excluding hydrogens is 276 g/mol. The first-order valence-electron chi connectivity index (χ1n) is 6.48. The van der Waals surface area contributed by atoms with Gasteiger partial charge in [0.15, 0.2) is 0 Å². The van der Waals surface area contributed by atoms with Crippen LogP contribution in [-0.4, -0.2) is 18.2 Å². The summed E-state index contributed by atoms with van der Waals surface area (Å²) in [5.74, 6) is 0. The highest BCUT2D eigenvalue weighted by Gasteiger charge is 2.24. The van der Waals surface area contributed by atoms with Crippen molar-refractivity contribution in [2.75, 3.05) is 11.4 Å². The summed E-state index contributed by atoms with van der Waals surface area (Å²) in [5, 5.41) is 9.64. The smallest absolute Gasteiger partial charge is 0.414 e. The van der Waals surface area contributed by atoms with Crippen LogP contribution in [0.15, 0.2) is 18.2 Å². The molecule has 0 aromatic heterocycles. The van der Waals surface area contributed by atoms with Crippen LogP contribution in [-0.2, 0) is 4.74 Å². The van der Waals surface area contributed by atoms with Crippen LogP contribution in [0.1, 0.15) is 39.7 Å². The number of amides is 1. The fourth-order valence-corrected chi connectivity index (χ4v) is 1.84. The lowest BCUT2D eigenvalue weighted by atomic mass is 10.1. The number of halogens is 1. The van der Waals surface area contributed by atoms with E-state index in [0.717, 1.165) is 6.42 Å². The Bertz CT molecular complexity index is 530. The van der Waals surface area contributed by atoms with Gasteiger partial charge in [-0.05, 0) is 45.4 Å². The predicted molar refractivity (Wildman–Crippen MR) is 80.0 cm³/mol. The van der Waals surface area contributed by atoms with E-state index in [9.17, 15) is 4.79 Å². The summed E-state index contributed by atoms with van der Waals surface area (Å²) in [6.07, 6.45) is 0.273. The standard InChI is InChI=1S/C15H19ClN2O2/c1-5-8-18(14(19)20-15(2,3)4)13-9-12(16)7-6-11(13)10-17/h6-7,9H,5,8H2,1-4H3. The molecule has 0 heterocycles. The van der Waals surface area contributed by atoms with Gasteiger partial charge < -0.3 is 4.74 Å². The van der Waals surface area contributed by atoms with Gasteiger partial charge >= 0.3 is 6.09 Å². The van der Waals surface area contributed by atoms with E-state index in [0.29, 0.717) is 22.8 Å². The van der Waals surface area contributed by atoms with Gasteiger partial charge in [-0.25, -0.2) is 4.79 Å². The molecule has 0 aliphatic rings. The van der Waals surface area contributed by atoms with Crippen molar-refractivity contribution in [3.05, 3.63) is 28.8 Å². The minimum Gasteiger partial charge on any atom is -0.443 e. The van der Waals surface area contributed by atoms with Crippen LogP contribution in [0.5, 0.6) is 0 Å².